The second-order valence-corrected chi connectivity index (χ2v) is 6.08. The van der Waals surface area contributed by atoms with E-state index in [1.165, 1.54) is 18.2 Å². The quantitative estimate of drug-likeness (QED) is 0.669. The number of hydrogen-bond acceptors (Lipinski definition) is 4. The fraction of sp³-hybridized carbons (Fsp3) is 0.500. The number of aliphatic hydroxyl groups excluding tert-OH is 1. The Kier molecular flexibility index (Phi) is 3.59. The first-order valence-corrected chi connectivity index (χ1v) is 7.27. The number of nitrogens with zero attached hydrogens (tertiary/aromatic N) is 2. The van der Waals surface area contributed by atoms with Crippen LogP contribution in [-0.2, 0) is 0 Å². The predicted octanol–water partition coefficient (Wildman–Crippen LogP) is 2.09. The van der Waals surface area contributed by atoms with Gasteiger partial charge < -0.3 is 10.0 Å². The van der Waals surface area contributed by atoms with Gasteiger partial charge in [-0.15, -0.1) is 0 Å². The monoisotopic (exact) mass is 310 g/mol. The van der Waals surface area contributed by atoms with E-state index in [0.717, 1.165) is 12.8 Å². The summed E-state index contributed by atoms with van der Waals surface area (Å²) < 4.78 is 0. The first kappa shape index (κ1) is 14.3. The maximum absolute atomic E-state index is 12.5. The molecular formula is C14H15ClN2O4. The number of rotatable bonds is 2. The van der Waals surface area contributed by atoms with Crippen LogP contribution < -0.4 is 0 Å². The standard InChI is InChI=1S/C14H15ClN2O4/c15-11-3-1-2-9(13(11)17(20)21)14(19)16-6-8-4-5-12(18)10(8)7-16/h1-3,8,10,12,18H,4-7H2. The van der Waals surface area contributed by atoms with E-state index in [2.05, 4.69) is 0 Å². The van der Waals surface area contributed by atoms with E-state index in [9.17, 15) is 20.0 Å². The van der Waals surface area contributed by atoms with Crippen LogP contribution in [0, 0.1) is 22.0 Å². The van der Waals surface area contributed by atoms with Gasteiger partial charge in [-0.3, -0.25) is 14.9 Å². The second kappa shape index (κ2) is 5.27. The zero-order valence-electron chi connectivity index (χ0n) is 11.2. The normalized spacial score (nSPS) is 27.7. The second-order valence-electron chi connectivity index (χ2n) is 5.67. The van der Waals surface area contributed by atoms with Crippen LogP contribution in [0.4, 0.5) is 5.69 Å². The number of carbonyl (C=O) groups excluding carboxylic acids is 1. The molecule has 2 fully saturated rings. The van der Waals surface area contributed by atoms with Gasteiger partial charge in [-0.25, -0.2) is 0 Å². The Morgan fingerprint density at radius 2 is 2.14 bits per heavy atom. The van der Waals surface area contributed by atoms with Crippen molar-refractivity contribution in [2.75, 3.05) is 13.1 Å². The van der Waals surface area contributed by atoms with Gasteiger partial charge in [0.25, 0.3) is 5.91 Å². The van der Waals surface area contributed by atoms with Crippen LogP contribution in [-0.4, -0.2) is 40.0 Å². The third kappa shape index (κ3) is 2.38. The van der Waals surface area contributed by atoms with Crippen molar-refractivity contribution in [1.82, 2.24) is 4.90 Å². The summed E-state index contributed by atoms with van der Waals surface area (Å²) in [4.78, 5) is 24.6. The highest BCUT2D eigenvalue weighted by Gasteiger charge is 2.44. The van der Waals surface area contributed by atoms with Crippen molar-refractivity contribution in [3.05, 3.63) is 38.9 Å². The molecule has 1 aromatic rings. The Morgan fingerprint density at radius 1 is 1.38 bits per heavy atom. The van der Waals surface area contributed by atoms with Gasteiger partial charge in [0.15, 0.2) is 0 Å². The summed E-state index contributed by atoms with van der Waals surface area (Å²) in [6.45, 7) is 0.999. The Labute approximate surface area is 126 Å². The number of benzene rings is 1. The molecule has 112 valence electrons. The van der Waals surface area contributed by atoms with Crippen molar-refractivity contribution < 1.29 is 14.8 Å². The first-order chi connectivity index (χ1) is 9.99. The lowest BCUT2D eigenvalue weighted by atomic mass is 10.00. The molecule has 0 spiro atoms. The Hall–Kier alpha value is -1.66. The van der Waals surface area contributed by atoms with Gasteiger partial charge in [-0.05, 0) is 30.9 Å². The van der Waals surface area contributed by atoms with Crippen LogP contribution >= 0.6 is 11.6 Å². The summed E-state index contributed by atoms with van der Waals surface area (Å²) in [5.74, 6) is 0.000167. The third-order valence-corrected chi connectivity index (χ3v) is 4.81. The SMILES string of the molecule is O=C(c1cccc(Cl)c1[N+](=O)[O-])N1CC2CCC(O)C2C1. The largest absolute Gasteiger partial charge is 0.393 e. The van der Waals surface area contributed by atoms with Gasteiger partial charge in [0, 0.05) is 19.0 Å². The summed E-state index contributed by atoms with van der Waals surface area (Å²) in [7, 11) is 0. The highest BCUT2D eigenvalue weighted by atomic mass is 35.5. The van der Waals surface area contributed by atoms with Crippen LogP contribution in [0.2, 0.25) is 5.02 Å². The molecule has 2 aliphatic rings. The molecule has 1 saturated carbocycles. The lowest BCUT2D eigenvalue weighted by molar-refractivity contribution is -0.385. The molecule has 1 aromatic carbocycles. The number of likely N-dealkylation sites (tertiary alicyclic amines) is 1. The fourth-order valence-electron chi connectivity index (χ4n) is 3.45. The Morgan fingerprint density at radius 3 is 2.81 bits per heavy atom. The summed E-state index contributed by atoms with van der Waals surface area (Å²) in [5, 5.41) is 21.0. The van der Waals surface area contributed by atoms with Crippen molar-refractivity contribution >= 4 is 23.2 Å². The molecule has 1 aliphatic carbocycles. The Balaban J connectivity index is 1.87. The smallest absolute Gasteiger partial charge is 0.300 e. The minimum absolute atomic E-state index is 0.0157. The molecule has 0 radical (unpaired) electrons. The van der Waals surface area contributed by atoms with Crippen molar-refractivity contribution in [3.8, 4) is 0 Å². The van der Waals surface area contributed by atoms with Crippen molar-refractivity contribution in [1.29, 1.82) is 0 Å². The summed E-state index contributed by atoms with van der Waals surface area (Å²) >= 11 is 5.84. The van der Waals surface area contributed by atoms with Crippen molar-refractivity contribution in [3.63, 3.8) is 0 Å². The predicted molar refractivity (Wildman–Crippen MR) is 76.2 cm³/mol. The summed E-state index contributed by atoms with van der Waals surface area (Å²) in [5.41, 5.74) is -0.330. The highest BCUT2D eigenvalue weighted by Crippen LogP contribution is 2.39. The molecule has 3 unspecified atom stereocenters. The van der Waals surface area contributed by atoms with E-state index >= 15 is 0 Å². The number of halogens is 1. The number of hydrogen-bond donors (Lipinski definition) is 1. The average Bonchev–Trinajstić information content (AvgIpc) is 3.00. The van der Waals surface area contributed by atoms with Gasteiger partial charge in [-0.2, -0.15) is 0 Å². The molecule has 0 bridgehead atoms. The maximum atomic E-state index is 12.5. The lowest BCUT2D eigenvalue weighted by Gasteiger charge is -2.18. The van der Waals surface area contributed by atoms with E-state index < -0.39 is 4.92 Å². The minimum atomic E-state index is -0.624. The lowest BCUT2D eigenvalue weighted by Crippen LogP contribution is -2.31. The van der Waals surface area contributed by atoms with E-state index in [1.54, 1.807) is 4.90 Å². The first-order valence-electron chi connectivity index (χ1n) is 6.89. The van der Waals surface area contributed by atoms with Crippen LogP contribution in [0.15, 0.2) is 18.2 Å². The molecule has 1 N–H and O–H groups in total. The number of para-hydroxylation sites is 1. The topological polar surface area (TPSA) is 83.7 Å². The van der Waals surface area contributed by atoms with Crippen LogP contribution in [0.1, 0.15) is 23.2 Å². The van der Waals surface area contributed by atoms with Crippen LogP contribution in [0.5, 0.6) is 0 Å². The van der Waals surface area contributed by atoms with Crippen molar-refractivity contribution in [2.45, 2.75) is 18.9 Å². The molecule has 1 amide bonds. The molecule has 1 saturated heterocycles. The fourth-order valence-corrected chi connectivity index (χ4v) is 3.69. The molecule has 3 rings (SSSR count). The number of carbonyl (C=O) groups is 1. The molecule has 1 aliphatic heterocycles. The van der Waals surface area contributed by atoms with Crippen LogP contribution in [0.25, 0.3) is 0 Å². The number of aliphatic hydroxyl groups is 1. The van der Waals surface area contributed by atoms with E-state index in [-0.39, 0.29) is 34.2 Å². The van der Waals surface area contributed by atoms with E-state index in [4.69, 9.17) is 11.6 Å². The highest BCUT2D eigenvalue weighted by molar-refractivity contribution is 6.33. The van der Waals surface area contributed by atoms with Gasteiger partial charge in [0.2, 0.25) is 0 Å². The van der Waals surface area contributed by atoms with E-state index in [0.29, 0.717) is 19.0 Å². The van der Waals surface area contributed by atoms with Gasteiger partial charge in [-0.1, -0.05) is 17.7 Å². The molecule has 6 nitrogen and oxygen atoms in total. The maximum Gasteiger partial charge on any atom is 0.300 e. The minimum Gasteiger partial charge on any atom is -0.393 e. The number of nitro benzene ring substituents is 1. The molecule has 7 heteroatoms. The summed E-state index contributed by atoms with van der Waals surface area (Å²) in [6.07, 6.45) is 1.30. The molecule has 3 atom stereocenters. The van der Waals surface area contributed by atoms with Gasteiger partial charge in [0.1, 0.15) is 10.6 Å². The van der Waals surface area contributed by atoms with Crippen molar-refractivity contribution in [2.24, 2.45) is 11.8 Å². The van der Waals surface area contributed by atoms with E-state index in [1.807, 2.05) is 0 Å². The molecule has 21 heavy (non-hydrogen) atoms. The molecule has 0 aromatic heterocycles. The van der Waals surface area contributed by atoms with Gasteiger partial charge >= 0.3 is 5.69 Å². The zero-order valence-corrected chi connectivity index (χ0v) is 12.0. The number of nitro groups is 1. The molecular weight excluding hydrogens is 296 g/mol. The zero-order chi connectivity index (χ0) is 15.1. The van der Waals surface area contributed by atoms with Gasteiger partial charge in [0.05, 0.1) is 11.0 Å². The number of fused-ring (bicyclic) bond motifs is 1. The third-order valence-electron chi connectivity index (χ3n) is 4.51. The average molecular weight is 311 g/mol. The summed E-state index contributed by atoms with van der Waals surface area (Å²) in [6, 6.07) is 4.37. The Bertz CT molecular complexity index is 607. The molecule has 1 heterocycles. The van der Waals surface area contributed by atoms with Crippen LogP contribution in [0.3, 0.4) is 0 Å². The number of amides is 1.